The molecule has 1 saturated carbocycles. The molecule has 1 aliphatic heterocycles. The van der Waals surface area contributed by atoms with Crippen molar-refractivity contribution in [3.8, 4) is 5.75 Å². The van der Waals surface area contributed by atoms with Crippen LogP contribution in [0.15, 0.2) is 18.2 Å². The lowest BCUT2D eigenvalue weighted by Gasteiger charge is -2.45. The molecule has 0 aromatic heterocycles. The fraction of sp³-hybridized carbons (Fsp3) is 0.600. The number of rotatable bonds is 1. The molecule has 0 saturated heterocycles. The first-order chi connectivity index (χ1) is 9.12. The molecule has 1 aliphatic carbocycles. The molecule has 19 heavy (non-hydrogen) atoms. The largest absolute Gasteiger partial charge is 0.487 e. The predicted molar refractivity (Wildman–Crippen MR) is 75.6 cm³/mol. The molecule has 3 rings (SSSR count). The van der Waals surface area contributed by atoms with Gasteiger partial charge in [0, 0.05) is 36.6 Å². The molecule has 2 N–H and O–H groups in total. The highest BCUT2D eigenvalue weighted by molar-refractivity contribution is 6.30. The van der Waals surface area contributed by atoms with Crippen molar-refractivity contribution in [2.45, 2.75) is 49.9 Å². The van der Waals surface area contributed by atoms with E-state index in [-0.39, 0.29) is 17.7 Å². The Kier molecular flexibility index (Phi) is 3.46. The zero-order valence-electron chi connectivity index (χ0n) is 11.2. The van der Waals surface area contributed by atoms with E-state index in [1.54, 1.807) is 7.11 Å². The lowest BCUT2D eigenvalue weighted by Crippen LogP contribution is -2.48. The van der Waals surface area contributed by atoms with Gasteiger partial charge in [0.15, 0.2) is 0 Å². The molecule has 104 valence electrons. The quantitative estimate of drug-likeness (QED) is 0.857. The van der Waals surface area contributed by atoms with Gasteiger partial charge < -0.3 is 15.2 Å². The first-order valence-electron chi connectivity index (χ1n) is 6.89. The zero-order valence-corrected chi connectivity index (χ0v) is 12.0. The smallest absolute Gasteiger partial charge is 0.125 e. The van der Waals surface area contributed by atoms with E-state index in [1.165, 1.54) is 0 Å². The Morgan fingerprint density at radius 1 is 1.42 bits per heavy atom. The normalized spacial score (nSPS) is 33.8. The summed E-state index contributed by atoms with van der Waals surface area (Å²) in [4.78, 5) is 0. The highest BCUT2D eigenvalue weighted by atomic mass is 35.5. The molecule has 1 aromatic carbocycles. The number of hydrogen-bond donors (Lipinski definition) is 1. The summed E-state index contributed by atoms with van der Waals surface area (Å²) >= 11 is 6.03. The molecule has 3 nitrogen and oxygen atoms in total. The molecule has 3 atom stereocenters. The van der Waals surface area contributed by atoms with Gasteiger partial charge in [0.1, 0.15) is 11.4 Å². The summed E-state index contributed by atoms with van der Waals surface area (Å²) in [6.07, 6.45) is 5.37. The van der Waals surface area contributed by atoms with Crippen molar-refractivity contribution in [1.82, 2.24) is 0 Å². The fourth-order valence-electron chi connectivity index (χ4n) is 3.44. The molecule has 1 heterocycles. The summed E-state index contributed by atoms with van der Waals surface area (Å²) in [6.45, 7) is 0. The highest BCUT2D eigenvalue weighted by Crippen LogP contribution is 2.46. The minimum Gasteiger partial charge on any atom is -0.487 e. The highest BCUT2D eigenvalue weighted by Gasteiger charge is 2.43. The van der Waals surface area contributed by atoms with Crippen LogP contribution in [0.25, 0.3) is 0 Å². The third-order valence-electron chi connectivity index (χ3n) is 4.38. The van der Waals surface area contributed by atoms with E-state index in [9.17, 15) is 0 Å². The van der Waals surface area contributed by atoms with Crippen LogP contribution in [0.2, 0.25) is 5.02 Å². The number of nitrogens with two attached hydrogens (primary N) is 1. The second-order valence-corrected chi connectivity index (χ2v) is 6.17. The molecule has 2 unspecified atom stereocenters. The van der Waals surface area contributed by atoms with Crippen LogP contribution in [0.4, 0.5) is 0 Å². The lowest BCUT2D eigenvalue weighted by atomic mass is 9.76. The third-order valence-corrected chi connectivity index (χ3v) is 4.62. The van der Waals surface area contributed by atoms with Gasteiger partial charge in [-0.25, -0.2) is 0 Å². The van der Waals surface area contributed by atoms with Gasteiger partial charge in [-0.2, -0.15) is 0 Å². The van der Waals surface area contributed by atoms with Crippen molar-refractivity contribution in [1.29, 1.82) is 0 Å². The van der Waals surface area contributed by atoms with Crippen molar-refractivity contribution in [2.75, 3.05) is 7.11 Å². The summed E-state index contributed by atoms with van der Waals surface area (Å²) in [5.74, 6) is 0.889. The molecule has 4 heteroatoms. The molecule has 1 spiro atoms. The van der Waals surface area contributed by atoms with Crippen LogP contribution in [-0.2, 0) is 4.74 Å². The van der Waals surface area contributed by atoms with Crippen molar-refractivity contribution in [3.05, 3.63) is 28.8 Å². The van der Waals surface area contributed by atoms with Gasteiger partial charge in [0.05, 0.1) is 6.10 Å². The molecule has 2 aliphatic rings. The number of benzene rings is 1. The van der Waals surface area contributed by atoms with Crippen LogP contribution in [0, 0.1) is 0 Å². The maximum Gasteiger partial charge on any atom is 0.125 e. The Morgan fingerprint density at radius 3 is 3.05 bits per heavy atom. The summed E-state index contributed by atoms with van der Waals surface area (Å²) in [7, 11) is 1.78. The second kappa shape index (κ2) is 4.97. The standard InChI is InChI=1S/C15H20ClNO2/c1-18-11-3-2-6-15(8-11)9-13(17)12-7-10(16)4-5-14(12)19-15/h4-5,7,11,13H,2-3,6,8-9,17H2,1H3/t11?,13-,15?/m0/s1. The SMILES string of the molecule is COC1CCCC2(C1)C[C@H](N)c1cc(Cl)ccc1O2. The number of hydrogen-bond acceptors (Lipinski definition) is 3. The van der Waals surface area contributed by atoms with Gasteiger partial charge in [-0.05, 0) is 37.5 Å². The summed E-state index contributed by atoms with van der Waals surface area (Å²) < 4.78 is 11.8. The topological polar surface area (TPSA) is 44.5 Å². The first kappa shape index (κ1) is 13.2. The average Bonchev–Trinajstić information content (AvgIpc) is 2.40. The summed E-state index contributed by atoms with van der Waals surface area (Å²) in [6, 6.07) is 5.72. The number of halogens is 1. The first-order valence-corrected chi connectivity index (χ1v) is 7.26. The fourth-order valence-corrected chi connectivity index (χ4v) is 3.62. The third kappa shape index (κ3) is 2.47. The van der Waals surface area contributed by atoms with Gasteiger partial charge in [0.2, 0.25) is 0 Å². The van der Waals surface area contributed by atoms with Gasteiger partial charge >= 0.3 is 0 Å². The lowest BCUT2D eigenvalue weighted by molar-refractivity contribution is -0.0577. The molecular weight excluding hydrogens is 262 g/mol. The molecule has 1 aromatic rings. The molecular formula is C15H20ClNO2. The van der Waals surface area contributed by atoms with Crippen LogP contribution in [0.1, 0.15) is 43.7 Å². The van der Waals surface area contributed by atoms with Gasteiger partial charge in [-0.1, -0.05) is 11.6 Å². The van der Waals surface area contributed by atoms with Crippen LogP contribution < -0.4 is 10.5 Å². The Morgan fingerprint density at radius 2 is 2.26 bits per heavy atom. The van der Waals surface area contributed by atoms with Crippen LogP contribution in [-0.4, -0.2) is 18.8 Å². The summed E-state index contributed by atoms with van der Waals surface area (Å²) in [5, 5.41) is 0.715. The Hall–Kier alpha value is -0.770. The van der Waals surface area contributed by atoms with Crippen LogP contribution >= 0.6 is 11.6 Å². The van der Waals surface area contributed by atoms with Crippen LogP contribution in [0.5, 0.6) is 5.75 Å². The van der Waals surface area contributed by atoms with Crippen LogP contribution in [0.3, 0.4) is 0 Å². The van der Waals surface area contributed by atoms with E-state index in [2.05, 4.69) is 0 Å². The minimum absolute atomic E-state index is 0.00180. The van der Waals surface area contributed by atoms with E-state index in [0.717, 1.165) is 43.4 Å². The van der Waals surface area contributed by atoms with Crippen molar-refractivity contribution < 1.29 is 9.47 Å². The predicted octanol–water partition coefficient (Wildman–Crippen LogP) is 3.45. The monoisotopic (exact) mass is 281 g/mol. The number of fused-ring (bicyclic) bond motifs is 1. The van der Waals surface area contributed by atoms with Crippen molar-refractivity contribution >= 4 is 11.6 Å². The minimum atomic E-state index is -0.154. The average molecular weight is 282 g/mol. The molecule has 0 amide bonds. The Labute approximate surface area is 119 Å². The van der Waals surface area contributed by atoms with E-state index >= 15 is 0 Å². The maximum atomic E-state index is 6.33. The maximum absolute atomic E-state index is 6.33. The van der Waals surface area contributed by atoms with Gasteiger partial charge in [-0.15, -0.1) is 0 Å². The Balaban J connectivity index is 1.89. The number of methoxy groups -OCH3 is 1. The van der Waals surface area contributed by atoms with E-state index in [4.69, 9.17) is 26.8 Å². The number of ether oxygens (including phenoxy) is 2. The van der Waals surface area contributed by atoms with Gasteiger partial charge in [0.25, 0.3) is 0 Å². The molecule has 0 radical (unpaired) electrons. The molecule has 0 bridgehead atoms. The molecule has 1 fully saturated rings. The zero-order chi connectivity index (χ0) is 13.5. The van der Waals surface area contributed by atoms with Crippen molar-refractivity contribution in [3.63, 3.8) is 0 Å². The Bertz CT molecular complexity index is 479. The van der Waals surface area contributed by atoms with Crippen molar-refractivity contribution in [2.24, 2.45) is 5.73 Å². The van der Waals surface area contributed by atoms with Gasteiger partial charge in [-0.3, -0.25) is 0 Å². The second-order valence-electron chi connectivity index (χ2n) is 5.73. The van der Waals surface area contributed by atoms with E-state index in [1.807, 2.05) is 18.2 Å². The summed E-state index contributed by atoms with van der Waals surface area (Å²) in [5.41, 5.74) is 7.20. The van der Waals surface area contributed by atoms with E-state index < -0.39 is 0 Å². The van der Waals surface area contributed by atoms with E-state index in [0.29, 0.717) is 5.02 Å².